The van der Waals surface area contributed by atoms with Crippen molar-refractivity contribution in [1.29, 1.82) is 0 Å². The monoisotopic (exact) mass is 372 g/mol. The van der Waals surface area contributed by atoms with Gasteiger partial charge in [0, 0.05) is 17.5 Å². The molecule has 3 rings (SSSR count). The molecule has 0 N–H and O–H groups in total. The second kappa shape index (κ2) is 6.20. The van der Waals surface area contributed by atoms with Crippen LogP contribution >= 0.6 is 22.9 Å². The number of hydrogen-bond donors (Lipinski definition) is 0. The highest BCUT2D eigenvalue weighted by molar-refractivity contribution is 7.89. The normalized spacial score (nSPS) is 19.1. The molecule has 0 radical (unpaired) electrons. The van der Waals surface area contributed by atoms with Crippen molar-refractivity contribution in [2.24, 2.45) is 0 Å². The Morgan fingerprint density at radius 3 is 2.78 bits per heavy atom. The van der Waals surface area contributed by atoms with E-state index in [-0.39, 0.29) is 16.0 Å². The topological polar surface area (TPSA) is 80.5 Å². The predicted octanol–water partition coefficient (Wildman–Crippen LogP) is 3.84. The molecule has 0 bridgehead atoms. The average Bonchev–Trinajstić information content (AvgIpc) is 3.18. The Hall–Kier alpha value is -1.48. The van der Waals surface area contributed by atoms with Crippen LogP contribution in [0.3, 0.4) is 0 Å². The van der Waals surface area contributed by atoms with E-state index in [0.717, 1.165) is 23.8 Å². The summed E-state index contributed by atoms with van der Waals surface area (Å²) in [5.41, 5.74) is -0.403. The lowest BCUT2D eigenvalue weighted by Gasteiger charge is -2.23. The summed E-state index contributed by atoms with van der Waals surface area (Å²) in [6.07, 6.45) is 1.51. The molecular formula is C14H13ClN2O4S2. The van der Waals surface area contributed by atoms with E-state index in [1.807, 2.05) is 17.5 Å². The molecule has 23 heavy (non-hydrogen) atoms. The zero-order valence-corrected chi connectivity index (χ0v) is 14.3. The van der Waals surface area contributed by atoms with Gasteiger partial charge in [0.05, 0.1) is 15.9 Å². The number of sulfonamides is 1. The second-order valence-electron chi connectivity index (χ2n) is 5.16. The Morgan fingerprint density at radius 1 is 1.35 bits per heavy atom. The van der Waals surface area contributed by atoms with Gasteiger partial charge in [-0.3, -0.25) is 10.1 Å². The Morgan fingerprint density at radius 2 is 2.13 bits per heavy atom. The fourth-order valence-electron chi connectivity index (χ4n) is 2.72. The maximum absolute atomic E-state index is 12.9. The van der Waals surface area contributed by atoms with Crippen LogP contribution < -0.4 is 0 Å². The molecule has 9 heteroatoms. The fourth-order valence-corrected chi connectivity index (χ4v) is 5.54. The van der Waals surface area contributed by atoms with Gasteiger partial charge in [0.2, 0.25) is 10.0 Å². The summed E-state index contributed by atoms with van der Waals surface area (Å²) < 4.78 is 27.2. The van der Waals surface area contributed by atoms with E-state index in [2.05, 4.69) is 0 Å². The number of rotatable bonds is 4. The van der Waals surface area contributed by atoms with Gasteiger partial charge < -0.3 is 0 Å². The maximum atomic E-state index is 12.9. The number of nitro groups is 1. The average molecular weight is 373 g/mol. The van der Waals surface area contributed by atoms with Gasteiger partial charge in [0.1, 0.15) is 5.02 Å². The van der Waals surface area contributed by atoms with E-state index in [1.165, 1.54) is 27.8 Å². The van der Waals surface area contributed by atoms with Crippen molar-refractivity contribution in [3.05, 3.63) is 55.7 Å². The molecule has 0 unspecified atom stereocenters. The van der Waals surface area contributed by atoms with E-state index >= 15 is 0 Å². The molecule has 1 aromatic carbocycles. The van der Waals surface area contributed by atoms with Gasteiger partial charge in [-0.05, 0) is 36.4 Å². The van der Waals surface area contributed by atoms with E-state index in [0.29, 0.717) is 6.54 Å². The second-order valence-corrected chi connectivity index (χ2v) is 8.44. The molecular weight excluding hydrogens is 360 g/mol. The van der Waals surface area contributed by atoms with Crippen LogP contribution in [-0.2, 0) is 10.0 Å². The van der Waals surface area contributed by atoms with Crippen molar-refractivity contribution >= 4 is 38.6 Å². The zero-order valence-electron chi connectivity index (χ0n) is 11.9. The van der Waals surface area contributed by atoms with Gasteiger partial charge in [-0.25, -0.2) is 8.42 Å². The van der Waals surface area contributed by atoms with E-state index in [1.54, 1.807) is 0 Å². The van der Waals surface area contributed by atoms with E-state index in [9.17, 15) is 18.5 Å². The predicted molar refractivity (Wildman–Crippen MR) is 88.3 cm³/mol. The molecule has 122 valence electrons. The molecule has 2 heterocycles. The minimum atomic E-state index is -3.81. The lowest BCUT2D eigenvalue weighted by Crippen LogP contribution is -2.30. The van der Waals surface area contributed by atoms with Gasteiger partial charge in [-0.1, -0.05) is 17.7 Å². The van der Waals surface area contributed by atoms with Crippen LogP contribution in [0.2, 0.25) is 5.02 Å². The van der Waals surface area contributed by atoms with Gasteiger partial charge in [0.15, 0.2) is 0 Å². The van der Waals surface area contributed by atoms with Crippen molar-refractivity contribution in [3.63, 3.8) is 0 Å². The van der Waals surface area contributed by atoms with Crippen LogP contribution in [0, 0.1) is 10.1 Å². The minimum Gasteiger partial charge on any atom is -0.258 e. The third-order valence-corrected chi connectivity index (χ3v) is 6.99. The standard InChI is InChI=1S/C14H13ClN2O4S2/c15-11-6-5-10(9-13(11)17(18)19)23(20,21)16-7-1-3-12(16)14-4-2-8-22-14/h2,4-6,8-9,12H,1,3,7H2/t12-/m0/s1. The van der Waals surface area contributed by atoms with Gasteiger partial charge in [-0.2, -0.15) is 4.31 Å². The summed E-state index contributed by atoms with van der Waals surface area (Å²) in [7, 11) is -3.81. The molecule has 0 saturated carbocycles. The Bertz CT molecular complexity index is 836. The van der Waals surface area contributed by atoms with Crippen molar-refractivity contribution < 1.29 is 13.3 Å². The third-order valence-electron chi connectivity index (χ3n) is 3.80. The molecule has 0 amide bonds. The SMILES string of the molecule is O=[N+]([O-])c1cc(S(=O)(=O)N2CCC[C@H]2c2cccs2)ccc1Cl. The largest absolute Gasteiger partial charge is 0.289 e. The lowest BCUT2D eigenvalue weighted by molar-refractivity contribution is -0.384. The number of nitrogens with zero attached hydrogens (tertiary/aromatic N) is 2. The first-order valence-electron chi connectivity index (χ1n) is 6.90. The Balaban J connectivity index is 2.01. The molecule has 1 aromatic heterocycles. The minimum absolute atomic E-state index is 0.0785. The number of nitro benzene ring substituents is 1. The fraction of sp³-hybridized carbons (Fsp3) is 0.286. The first kappa shape index (κ1) is 16.4. The van der Waals surface area contributed by atoms with Crippen LogP contribution in [0.1, 0.15) is 23.8 Å². The number of thiophene rings is 1. The highest BCUT2D eigenvalue weighted by Gasteiger charge is 2.37. The molecule has 0 aliphatic carbocycles. The van der Waals surface area contributed by atoms with Crippen LogP contribution in [0.4, 0.5) is 5.69 Å². The highest BCUT2D eigenvalue weighted by Crippen LogP contribution is 2.39. The molecule has 1 atom stereocenters. The summed E-state index contributed by atoms with van der Waals surface area (Å²) in [6.45, 7) is 0.404. The van der Waals surface area contributed by atoms with Crippen molar-refractivity contribution in [2.75, 3.05) is 6.54 Å². The molecule has 0 spiro atoms. The third kappa shape index (κ3) is 2.99. The number of benzene rings is 1. The summed E-state index contributed by atoms with van der Waals surface area (Å²) in [5, 5.41) is 12.8. The van der Waals surface area contributed by atoms with Crippen LogP contribution in [0.15, 0.2) is 40.6 Å². The number of halogens is 1. The maximum Gasteiger partial charge on any atom is 0.289 e. The Kier molecular flexibility index (Phi) is 4.41. The quantitative estimate of drug-likeness (QED) is 0.603. The molecule has 1 aliphatic rings. The smallest absolute Gasteiger partial charge is 0.258 e. The zero-order chi connectivity index (χ0) is 16.6. The summed E-state index contributed by atoms with van der Waals surface area (Å²) in [5.74, 6) is 0. The van der Waals surface area contributed by atoms with Gasteiger partial charge in [-0.15, -0.1) is 11.3 Å². The van der Waals surface area contributed by atoms with Crippen molar-refractivity contribution in [1.82, 2.24) is 4.31 Å². The van der Waals surface area contributed by atoms with Gasteiger partial charge in [0.25, 0.3) is 5.69 Å². The van der Waals surface area contributed by atoms with Crippen LogP contribution in [0.5, 0.6) is 0 Å². The summed E-state index contributed by atoms with van der Waals surface area (Å²) >= 11 is 7.27. The molecule has 1 aliphatic heterocycles. The van der Waals surface area contributed by atoms with E-state index < -0.39 is 20.6 Å². The molecule has 6 nitrogen and oxygen atoms in total. The number of hydrogen-bond acceptors (Lipinski definition) is 5. The molecule has 1 fully saturated rings. The first-order valence-corrected chi connectivity index (χ1v) is 9.60. The highest BCUT2D eigenvalue weighted by atomic mass is 35.5. The van der Waals surface area contributed by atoms with Crippen LogP contribution in [-0.4, -0.2) is 24.2 Å². The molecule has 1 saturated heterocycles. The summed E-state index contributed by atoms with van der Waals surface area (Å²) in [4.78, 5) is 11.2. The van der Waals surface area contributed by atoms with E-state index in [4.69, 9.17) is 11.6 Å². The van der Waals surface area contributed by atoms with Crippen molar-refractivity contribution in [2.45, 2.75) is 23.8 Å². The van der Waals surface area contributed by atoms with Gasteiger partial charge >= 0.3 is 0 Å². The van der Waals surface area contributed by atoms with Crippen molar-refractivity contribution in [3.8, 4) is 0 Å². The lowest BCUT2D eigenvalue weighted by atomic mass is 10.2. The summed E-state index contributed by atoms with van der Waals surface area (Å²) in [6, 6.07) is 7.18. The molecule has 2 aromatic rings. The Labute approximate surface area is 142 Å². The first-order chi connectivity index (χ1) is 10.9. The van der Waals surface area contributed by atoms with Crippen LogP contribution in [0.25, 0.3) is 0 Å².